The molecule has 5 aromatic carbocycles. The zero-order valence-electron chi connectivity index (χ0n) is 43.8. The second-order valence-electron chi connectivity index (χ2n) is 15.9. The van der Waals surface area contributed by atoms with E-state index in [9.17, 15) is 24.0 Å². The van der Waals surface area contributed by atoms with Gasteiger partial charge in [-0.3, -0.25) is 9.59 Å². The Kier molecular flexibility index (Phi) is 34.7. The van der Waals surface area contributed by atoms with Gasteiger partial charge in [-0.15, -0.1) is 0 Å². The number of hydrogen-bond donors (Lipinski definition) is 0. The van der Waals surface area contributed by atoms with E-state index in [2.05, 4.69) is 0 Å². The highest BCUT2D eigenvalue weighted by molar-refractivity contribution is 5.90. The summed E-state index contributed by atoms with van der Waals surface area (Å²) in [7, 11) is 0. The van der Waals surface area contributed by atoms with E-state index in [4.69, 9.17) is 71.1 Å². The normalized spacial score (nSPS) is 10.6. The molecule has 0 saturated carbocycles. The predicted molar refractivity (Wildman–Crippen MR) is 281 cm³/mol. The summed E-state index contributed by atoms with van der Waals surface area (Å²) < 4.78 is 79.3. The molecular weight excluding hydrogens is 1020 g/mol. The zero-order valence-corrected chi connectivity index (χ0v) is 43.8. The van der Waals surface area contributed by atoms with Gasteiger partial charge in [0.2, 0.25) is 0 Å². The average Bonchev–Trinajstić information content (AvgIpc) is 3.47. The minimum Gasteiger partial charge on any atom is -0.468 e. The van der Waals surface area contributed by atoms with Crippen LogP contribution in [0, 0.1) is 0 Å². The maximum Gasteiger partial charge on any atom is 0.338 e. The van der Waals surface area contributed by atoms with Gasteiger partial charge in [-0.05, 0) is 85.6 Å². The van der Waals surface area contributed by atoms with Gasteiger partial charge in [-0.2, -0.15) is 0 Å². The van der Waals surface area contributed by atoms with Crippen molar-refractivity contribution in [3.8, 4) is 17.2 Å². The summed E-state index contributed by atoms with van der Waals surface area (Å²) in [6.45, 7) is 4.66. The summed E-state index contributed by atoms with van der Waals surface area (Å²) >= 11 is 0. The molecule has 78 heavy (non-hydrogen) atoms. The van der Waals surface area contributed by atoms with Gasteiger partial charge >= 0.3 is 29.8 Å². The van der Waals surface area contributed by atoms with Gasteiger partial charge in [0, 0.05) is 13.0 Å². The molecule has 20 heteroatoms. The van der Waals surface area contributed by atoms with Crippen LogP contribution in [0.4, 0.5) is 0 Å². The summed E-state index contributed by atoms with van der Waals surface area (Å²) in [6.07, 6.45) is 1.74. The molecule has 0 heterocycles. The van der Waals surface area contributed by atoms with Crippen LogP contribution in [-0.2, 0) is 66.4 Å². The van der Waals surface area contributed by atoms with Gasteiger partial charge in [0.05, 0.1) is 95.8 Å². The summed E-state index contributed by atoms with van der Waals surface area (Å²) in [5, 5.41) is 0. The molecule has 0 aliphatic heterocycles. The Morgan fingerprint density at radius 2 is 0.628 bits per heavy atom. The molecule has 422 valence electrons. The standard InChI is InChI=1S/C30H34O10.C28H36O10/c31-29(25-7-3-1-4-8-25)37-21-19-33-16-18-36-24-40-28-13-11-26(12-14-28)30(32)38-22-20-34-15-17-35-23-39-27-9-5-2-6-10-27;29-26(36-21-19-32-16-14-27(30)38-25-11-5-2-6-12-25)13-7-8-15-34-23-35-18-17-33-20-22-37-28(31)24-9-3-1-4-10-24/h1-14H,15-24H2;1-6,9-12H,7-8,13-23H2. The van der Waals surface area contributed by atoms with E-state index in [1.165, 1.54) is 0 Å². The molecular formula is C58H70O20. The fourth-order valence-corrected chi connectivity index (χ4v) is 6.04. The summed E-state index contributed by atoms with van der Waals surface area (Å²) in [5.41, 5.74) is 1.41. The van der Waals surface area contributed by atoms with Crippen molar-refractivity contribution in [1.82, 2.24) is 0 Å². The van der Waals surface area contributed by atoms with Crippen molar-refractivity contribution in [3.63, 3.8) is 0 Å². The lowest BCUT2D eigenvalue weighted by molar-refractivity contribution is -0.146. The fraction of sp³-hybridized carbons (Fsp3) is 0.397. The van der Waals surface area contributed by atoms with Crippen molar-refractivity contribution >= 4 is 29.8 Å². The largest absolute Gasteiger partial charge is 0.468 e. The van der Waals surface area contributed by atoms with E-state index in [-0.39, 0.29) is 117 Å². The molecule has 0 N–H and O–H groups in total. The van der Waals surface area contributed by atoms with Crippen LogP contribution in [0.3, 0.4) is 0 Å². The maximum absolute atomic E-state index is 12.2. The lowest BCUT2D eigenvalue weighted by atomic mass is 10.2. The first-order chi connectivity index (χ1) is 38.4. The lowest BCUT2D eigenvalue weighted by Gasteiger charge is -2.09. The molecule has 0 fully saturated rings. The highest BCUT2D eigenvalue weighted by Crippen LogP contribution is 2.14. The highest BCUT2D eigenvalue weighted by Gasteiger charge is 2.10. The van der Waals surface area contributed by atoms with Crippen LogP contribution in [0.2, 0.25) is 0 Å². The molecule has 0 radical (unpaired) electrons. The van der Waals surface area contributed by atoms with Crippen molar-refractivity contribution in [3.05, 3.63) is 162 Å². The van der Waals surface area contributed by atoms with Crippen LogP contribution in [0.5, 0.6) is 17.2 Å². The van der Waals surface area contributed by atoms with Gasteiger partial charge in [-0.25, -0.2) is 14.4 Å². The van der Waals surface area contributed by atoms with E-state index >= 15 is 0 Å². The molecule has 0 amide bonds. The average molecular weight is 1090 g/mol. The summed E-state index contributed by atoms with van der Waals surface area (Å²) in [5.74, 6) is -0.126. The molecule has 0 aliphatic rings. The Labute approximate surface area is 454 Å². The Hall–Kier alpha value is -7.27. The van der Waals surface area contributed by atoms with Crippen LogP contribution in [0.1, 0.15) is 56.8 Å². The van der Waals surface area contributed by atoms with E-state index in [1.54, 1.807) is 97.1 Å². The first kappa shape index (κ1) is 63.3. The molecule has 0 spiro atoms. The first-order valence-electron chi connectivity index (χ1n) is 25.4. The number of hydrogen-bond acceptors (Lipinski definition) is 20. The fourth-order valence-electron chi connectivity index (χ4n) is 6.04. The third-order valence-corrected chi connectivity index (χ3v) is 9.97. The molecule has 0 aromatic heterocycles. The molecule has 0 aliphatic carbocycles. The van der Waals surface area contributed by atoms with E-state index in [0.29, 0.717) is 87.3 Å². The van der Waals surface area contributed by atoms with Crippen LogP contribution in [0.15, 0.2) is 146 Å². The van der Waals surface area contributed by atoms with Gasteiger partial charge in [0.25, 0.3) is 0 Å². The monoisotopic (exact) mass is 1090 g/mol. The number of esters is 5. The predicted octanol–water partition coefficient (Wildman–Crippen LogP) is 7.72. The Morgan fingerprint density at radius 3 is 1.12 bits per heavy atom. The minimum absolute atomic E-state index is 0.0234. The number of ether oxygens (including phenoxy) is 15. The third-order valence-electron chi connectivity index (χ3n) is 9.97. The Balaban J connectivity index is 0.000000337. The molecule has 0 bridgehead atoms. The number of carbonyl (C=O) groups excluding carboxylic acids is 5. The van der Waals surface area contributed by atoms with Crippen LogP contribution < -0.4 is 14.2 Å². The summed E-state index contributed by atoms with van der Waals surface area (Å²) in [6, 6.07) is 42.3. The van der Waals surface area contributed by atoms with Crippen LogP contribution in [0.25, 0.3) is 0 Å². The van der Waals surface area contributed by atoms with Crippen LogP contribution in [-0.4, -0.2) is 156 Å². The van der Waals surface area contributed by atoms with Crippen molar-refractivity contribution in [2.75, 3.05) is 126 Å². The molecule has 0 atom stereocenters. The quantitative estimate of drug-likeness (QED) is 0.0120. The van der Waals surface area contributed by atoms with E-state index < -0.39 is 5.97 Å². The van der Waals surface area contributed by atoms with Gasteiger partial charge in [0.15, 0.2) is 13.6 Å². The topological polar surface area (TPSA) is 224 Å². The number of unbranched alkanes of at least 4 members (excludes halogenated alkanes) is 1. The van der Waals surface area contributed by atoms with Crippen molar-refractivity contribution in [2.45, 2.75) is 25.7 Å². The van der Waals surface area contributed by atoms with Crippen LogP contribution >= 0.6 is 0 Å². The number of para-hydroxylation sites is 2. The maximum atomic E-state index is 12.2. The number of rotatable bonds is 41. The van der Waals surface area contributed by atoms with Crippen molar-refractivity contribution in [1.29, 1.82) is 0 Å². The minimum atomic E-state index is -0.453. The Morgan fingerprint density at radius 1 is 0.269 bits per heavy atom. The van der Waals surface area contributed by atoms with Gasteiger partial charge < -0.3 is 71.1 Å². The molecule has 5 aromatic rings. The summed E-state index contributed by atoms with van der Waals surface area (Å²) in [4.78, 5) is 59.1. The SMILES string of the molecule is O=C(CCCCOCOCCOCCOC(=O)c1ccccc1)OCCOCCC(=O)Oc1ccccc1.O=C(OCCOCCOCOc1ccc(C(=O)OCCOCCOCOc2ccccc2)cc1)c1ccccc1. The van der Waals surface area contributed by atoms with Crippen molar-refractivity contribution in [2.24, 2.45) is 0 Å². The first-order valence-corrected chi connectivity index (χ1v) is 25.4. The second kappa shape index (κ2) is 42.8. The Bertz CT molecular complexity index is 2320. The molecule has 0 saturated heterocycles. The third kappa shape index (κ3) is 31.7. The molecule has 20 nitrogen and oxygen atoms in total. The van der Waals surface area contributed by atoms with E-state index in [0.717, 1.165) is 5.75 Å². The molecule has 0 unspecified atom stereocenters. The highest BCUT2D eigenvalue weighted by atomic mass is 16.7. The zero-order chi connectivity index (χ0) is 55.2. The number of benzene rings is 5. The second-order valence-corrected chi connectivity index (χ2v) is 15.9. The number of carbonyl (C=O) groups is 5. The van der Waals surface area contributed by atoms with Crippen molar-refractivity contribution < 1.29 is 95.0 Å². The van der Waals surface area contributed by atoms with Gasteiger partial charge in [0.1, 0.15) is 50.5 Å². The van der Waals surface area contributed by atoms with Gasteiger partial charge in [-0.1, -0.05) is 72.8 Å². The van der Waals surface area contributed by atoms with E-state index in [1.807, 2.05) is 48.5 Å². The lowest BCUT2D eigenvalue weighted by Crippen LogP contribution is -2.14. The molecule has 5 rings (SSSR count). The smallest absolute Gasteiger partial charge is 0.338 e.